The maximum absolute atomic E-state index is 12.0. The zero-order valence-corrected chi connectivity index (χ0v) is 11.1. The molecule has 100 valence electrons. The fourth-order valence-electron chi connectivity index (χ4n) is 2.76. The molecule has 0 aromatic heterocycles. The van der Waals surface area contributed by atoms with Crippen LogP contribution in [0.3, 0.4) is 0 Å². The maximum atomic E-state index is 12.0. The lowest BCUT2D eigenvalue weighted by molar-refractivity contribution is -0.143. The lowest BCUT2D eigenvalue weighted by Crippen LogP contribution is -2.23. The second kappa shape index (κ2) is 4.72. The van der Waals surface area contributed by atoms with Gasteiger partial charge in [-0.15, -0.1) is 0 Å². The van der Waals surface area contributed by atoms with Crippen molar-refractivity contribution in [1.82, 2.24) is 0 Å². The number of carbonyl (C=O) groups excluding carboxylic acids is 1. The normalized spacial score (nSPS) is 20.2. The molecule has 0 bridgehead atoms. The summed E-state index contributed by atoms with van der Waals surface area (Å²) in [4.78, 5) is 12.0. The standard InChI is InChI=1S/C16H18O3/c1-18-15(17)16(9-10-16)13-7-3-2-6-12(13)14-8-4-5-11-19-14/h2-3,6-8H,4-5,9-11H2,1H3. The SMILES string of the molecule is COC(=O)C1(c2ccccc2C2=CCCCO2)CC1. The minimum atomic E-state index is -0.438. The van der Waals surface area contributed by atoms with Gasteiger partial charge in [-0.25, -0.2) is 0 Å². The number of esters is 1. The van der Waals surface area contributed by atoms with Gasteiger partial charge < -0.3 is 9.47 Å². The molecule has 0 unspecified atom stereocenters. The average Bonchev–Trinajstić information content (AvgIpc) is 3.29. The number of ether oxygens (including phenoxy) is 2. The van der Waals surface area contributed by atoms with Crippen LogP contribution < -0.4 is 0 Å². The van der Waals surface area contributed by atoms with Crippen molar-refractivity contribution in [2.45, 2.75) is 31.1 Å². The minimum Gasteiger partial charge on any atom is -0.493 e. The summed E-state index contributed by atoms with van der Waals surface area (Å²) in [5.41, 5.74) is 1.66. The third-order valence-corrected chi connectivity index (χ3v) is 3.97. The highest BCUT2D eigenvalue weighted by Crippen LogP contribution is 2.51. The van der Waals surface area contributed by atoms with E-state index in [-0.39, 0.29) is 5.97 Å². The first-order valence-electron chi connectivity index (χ1n) is 6.79. The van der Waals surface area contributed by atoms with Crippen LogP contribution in [-0.4, -0.2) is 19.7 Å². The molecule has 1 aliphatic heterocycles. The predicted octanol–water partition coefficient (Wildman–Crippen LogP) is 3.04. The monoisotopic (exact) mass is 258 g/mol. The van der Waals surface area contributed by atoms with E-state index in [2.05, 4.69) is 6.08 Å². The van der Waals surface area contributed by atoms with Gasteiger partial charge in [-0.05, 0) is 37.3 Å². The first-order valence-corrected chi connectivity index (χ1v) is 6.79. The van der Waals surface area contributed by atoms with E-state index in [4.69, 9.17) is 9.47 Å². The van der Waals surface area contributed by atoms with Crippen LogP contribution in [0.2, 0.25) is 0 Å². The first kappa shape index (κ1) is 12.3. The second-order valence-corrected chi connectivity index (χ2v) is 5.18. The highest BCUT2D eigenvalue weighted by Gasteiger charge is 2.53. The van der Waals surface area contributed by atoms with Crippen LogP contribution in [0.15, 0.2) is 30.3 Å². The van der Waals surface area contributed by atoms with Crippen molar-refractivity contribution >= 4 is 11.7 Å². The van der Waals surface area contributed by atoms with E-state index < -0.39 is 5.41 Å². The molecule has 0 N–H and O–H groups in total. The van der Waals surface area contributed by atoms with Gasteiger partial charge in [-0.2, -0.15) is 0 Å². The Hall–Kier alpha value is -1.77. The summed E-state index contributed by atoms with van der Waals surface area (Å²) in [6, 6.07) is 8.03. The van der Waals surface area contributed by atoms with Gasteiger partial charge in [0.1, 0.15) is 5.76 Å². The summed E-state index contributed by atoms with van der Waals surface area (Å²) in [7, 11) is 1.46. The fraction of sp³-hybridized carbons (Fsp3) is 0.438. The predicted molar refractivity (Wildman–Crippen MR) is 72.5 cm³/mol. The number of hydrogen-bond acceptors (Lipinski definition) is 3. The van der Waals surface area contributed by atoms with Crippen LogP contribution >= 0.6 is 0 Å². The van der Waals surface area contributed by atoms with E-state index in [0.717, 1.165) is 49.2 Å². The molecule has 1 fully saturated rings. The molecular formula is C16H18O3. The molecular weight excluding hydrogens is 240 g/mol. The molecule has 2 aliphatic rings. The topological polar surface area (TPSA) is 35.5 Å². The van der Waals surface area contributed by atoms with Crippen LogP contribution in [-0.2, 0) is 19.7 Å². The molecule has 1 heterocycles. The highest BCUT2D eigenvalue weighted by molar-refractivity contribution is 5.88. The first-order chi connectivity index (χ1) is 9.28. The van der Waals surface area contributed by atoms with Crippen molar-refractivity contribution in [2.75, 3.05) is 13.7 Å². The molecule has 19 heavy (non-hydrogen) atoms. The molecule has 3 nitrogen and oxygen atoms in total. The van der Waals surface area contributed by atoms with Crippen molar-refractivity contribution in [3.05, 3.63) is 41.5 Å². The summed E-state index contributed by atoms with van der Waals surface area (Å²) in [6.07, 6.45) is 5.95. The lowest BCUT2D eigenvalue weighted by atomic mass is 9.90. The summed E-state index contributed by atoms with van der Waals surface area (Å²) in [5, 5.41) is 0. The zero-order valence-electron chi connectivity index (χ0n) is 11.1. The van der Waals surface area contributed by atoms with Gasteiger partial charge in [0, 0.05) is 5.56 Å². The van der Waals surface area contributed by atoms with Crippen LogP contribution in [0.4, 0.5) is 0 Å². The lowest BCUT2D eigenvalue weighted by Gasteiger charge is -2.21. The molecule has 3 rings (SSSR count). The Labute approximate surface area is 113 Å². The molecule has 1 saturated carbocycles. The van der Waals surface area contributed by atoms with Crippen molar-refractivity contribution in [1.29, 1.82) is 0 Å². The molecule has 0 amide bonds. The minimum absolute atomic E-state index is 0.128. The van der Waals surface area contributed by atoms with Crippen LogP contribution in [0.1, 0.15) is 36.8 Å². The number of carbonyl (C=O) groups is 1. The Bertz CT molecular complexity index is 527. The van der Waals surface area contributed by atoms with E-state index in [1.165, 1.54) is 7.11 Å². The summed E-state index contributed by atoms with van der Waals surface area (Å²) >= 11 is 0. The summed E-state index contributed by atoms with van der Waals surface area (Å²) < 4.78 is 10.7. The van der Waals surface area contributed by atoms with Crippen molar-refractivity contribution in [3.8, 4) is 0 Å². The molecule has 0 spiro atoms. The quantitative estimate of drug-likeness (QED) is 0.782. The number of benzene rings is 1. The van der Waals surface area contributed by atoms with Crippen molar-refractivity contribution in [3.63, 3.8) is 0 Å². The average molecular weight is 258 g/mol. The van der Waals surface area contributed by atoms with E-state index in [0.29, 0.717) is 0 Å². The maximum Gasteiger partial charge on any atom is 0.316 e. The van der Waals surface area contributed by atoms with Gasteiger partial charge in [-0.1, -0.05) is 24.3 Å². The van der Waals surface area contributed by atoms with Crippen LogP contribution in [0, 0.1) is 0 Å². The van der Waals surface area contributed by atoms with Crippen molar-refractivity contribution < 1.29 is 14.3 Å². The van der Waals surface area contributed by atoms with E-state index >= 15 is 0 Å². The largest absolute Gasteiger partial charge is 0.493 e. The van der Waals surface area contributed by atoms with Gasteiger partial charge in [0.25, 0.3) is 0 Å². The van der Waals surface area contributed by atoms with Crippen LogP contribution in [0.25, 0.3) is 5.76 Å². The van der Waals surface area contributed by atoms with Gasteiger partial charge in [0.15, 0.2) is 0 Å². The number of methoxy groups -OCH3 is 1. The highest BCUT2D eigenvalue weighted by atomic mass is 16.5. The van der Waals surface area contributed by atoms with E-state index in [9.17, 15) is 4.79 Å². The van der Waals surface area contributed by atoms with Gasteiger partial charge >= 0.3 is 5.97 Å². The molecule has 1 aromatic rings. The smallest absolute Gasteiger partial charge is 0.316 e. The molecule has 0 radical (unpaired) electrons. The fourth-order valence-corrected chi connectivity index (χ4v) is 2.76. The molecule has 1 aliphatic carbocycles. The Morgan fingerprint density at radius 2 is 2.11 bits per heavy atom. The van der Waals surface area contributed by atoms with Crippen molar-refractivity contribution in [2.24, 2.45) is 0 Å². The molecule has 3 heteroatoms. The Morgan fingerprint density at radius 1 is 1.32 bits per heavy atom. The van der Waals surface area contributed by atoms with Gasteiger partial charge in [0.05, 0.1) is 19.1 Å². The molecule has 0 atom stereocenters. The Kier molecular flexibility index (Phi) is 3.05. The third-order valence-electron chi connectivity index (χ3n) is 3.97. The third kappa shape index (κ3) is 2.03. The van der Waals surface area contributed by atoms with Crippen LogP contribution in [0.5, 0.6) is 0 Å². The number of allylic oxidation sites excluding steroid dienone is 1. The molecule has 1 aromatic carbocycles. The molecule has 0 saturated heterocycles. The number of hydrogen-bond donors (Lipinski definition) is 0. The Balaban J connectivity index is 2.03. The van der Waals surface area contributed by atoms with Gasteiger partial charge in [-0.3, -0.25) is 4.79 Å². The Morgan fingerprint density at radius 3 is 2.74 bits per heavy atom. The van der Waals surface area contributed by atoms with E-state index in [1.807, 2.05) is 24.3 Å². The summed E-state index contributed by atoms with van der Waals surface area (Å²) in [5.74, 6) is 0.786. The van der Waals surface area contributed by atoms with Gasteiger partial charge in [0.2, 0.25) is 0 Å². The van der Waals surface area contributed by atoms with E-state index in [1.54, 1.807) is 0 Å². The second-order valence-electron chi connectivity index (χ2n) is 5.18. The zero-order chi connectivity index (χ0) is 13.3. The number of rotatable bonds is 3. The summed E-state index contributed by atoms with van der Waals surface area (Å²) in [6.45, 7) is 0.755.